The summed E-state index contributed by atoms with van der Waals surface area (Å²) in [6.07, 6.45) is 4.39. The van der Waals surface area contributed by atoms with E-state index in [0.29, 0.717) is 71.5 Å². The van der Waals surface area contributed by atoms with E-state index in [2.05, 4.69) is 25.9 Å². The van der Waals surface area contributed by atoms with E-state index in [4.69, 9.17) is 33.7 Å². The molecule has 5 heterocycles. The second-order valence-corrected chi connectivity index (χ2v) is 16.7. The van der Waals surface area contributed by atoms with Crippen LogP contribution in [-0.2, 0) is 28.5 Å². The summed E-state index contributed by atoms with van der Waals surface area (Å²) in [5.41, 5.74) is 4.69. The number of aromatic nitrogens is 4. The van der Waals surface area contributed by atoms with E-state index >= 15 is 0 Å². The van der Waals surface area contributed by atoms with Crippen molar-refractivity contribution in [3.05, 3.63) is 60.4 Å². The normalized spacial score (nSPS) is 18.8. The number of rotatable bonds is 10. The summed E-state index contributed by atoms with van der Waals surface area (Å²) in [5.74, 6) is 1.03. The zero-order valence-corrected chi connectivity index (χ0v) is 37.0. The van der Waals surface area contributed by atoms with Gasteiger partial charge in [-0.25, -0.2) is 24.4 Å². The van der Waals surface area contributed by atoms with Gasteiger partial charge >= 0.3 is 18.3 Å². The monoisotopic (exact) mass is 883 g/mol. The first-order valence-corrected chi connectivity index (χ1v) is 21.7. The Morgan fingerprint density at radius 3 is 1.72 bits per heavy atom. The molecule has 0 saturated carbocycles. The molecule has 2 saturated heterocycles. The van der Waals surface area contributed by atoms with E-state index < -0.39 is 30.4 Å². The van der Waals surface area contributed by atoms with Crippen LogP contribution in [0, 0.1) is 11.8 Å². The number of nitrogens with zero attached hydrogens (tertiary/aromatic N) is 4. The molecule has 342 valence electrons. The Labute approximate surface area is 371 Å². The summed E-state index contributed by atoms with van der Waals surface area (Å²) in [6.45, 7) is 9.24. The number of nitrogens with one attached hydrogen (secondary N) is 5. The number of imidazole rings is 2. The first-order valence-electron chi connectivity index (χ1n) is 21.7. The largest absolute Gasteiger partial charge is 0.491 e. The number of benzene rings is 2. The van der Waals surface area contributed by atoms with Crippen LogP contribution in [0.15, 0.2) is 48.8 Å². The van der Waals surface area contributed by atoms with Gasteiger partial charge in [-0.15, -0.1) is 0 Å². The minimum Gasteiger partial charge on any atom is -0.491 e. The number of fused-ring (bicyclic) bond motifs is 3. The molecule has 3 aliphatic heterocycles. The van der Waals surface area contributed by atoms with Crippen LogP contribution in [0.2, 0.25) is 0 Å². The van der Waals surface area contributed by atoms with Gasteiger partial charge in [0.1, 0.15) is 42.7 Å². The maximum atomic E-state index is 13.7. The lowest BCUT2D eigenvalue weighted by Crippen LogP contribution is -2.51. The fraction of sp³-hybridized carbons (Fsp3) is 0.489. The molecule has 2 aromatic heterocycles. The molecule has 3 aliphatic rings. The highest BCUT2D eigenvalue weighted by molar-refractivity contribution is 5.95. The lowest BCUT2D eigenvalue weighted by Gasteiger charge is -2.30. The number of anilines is 1. The highest BCUT2D eigenvalue weighted by Gasteiger charge is 2.39. The van der Waals surface area contributed by atoms with Crippen molar-refractivity contribution in [2.24, 2.45) is 11.8 Å². The molecule has 4 aromatic rings. The van der Waals surface area contributed by atoms with Gasteiger partial charge in [0.2, 0.25) is 11.8 Å². The molecule has 0 bridgehead atoms. The number of carbonyl (C=O) groups is 5. The van der Waals surface area contributed by atoms with Gasteiger partial charge in [-0.3, -0.25) is 14.9 Å². The molecular formula is C45H57N9O10. The van der Waals surface area contributed by atoms with E-state index in [9.17, 15) is 24.0 Å². The number of aromatic amines is 2. The zero-order chi connectivity index (χ0) is 45.5. The number of hydrogen-bond acceptors (Lipinski definition) is 12. The van der Waals surface area contributed by atoms with Gasteiger partial charge < -0.3 is 54.1 Å². The summed E-state index contributed by atoms with van der Waals surface area (Å²) < 4.78 is 27.0. The fourth-order valence-electron chi connectivity index (χ4n) is 8.42. The lowest BCUT2D eigenvalue weighted by molar-refractivity contribution is -0.136. The van der Waals surface area contributed by atoms with Gasteiger partial charge in [0, 0.05) is 35.3 Å². The van der Waals surface area contributed by atoms with Crippen molar-refractivity contribution < 1.29 is 47.7 Å². The number of H-pyrrole nitrogens is 2. The van der Waals surface area contributed by atoms with E-state index in [0.717, 1.165) is 24.0 Å². The second kappa shape index (κ2) is 20.3. The molecule has 2 fully saturated rings. The van der Waals surface area contributed by atoms with Crippen molar-refractivity contribution >= 4 is 35.8 Å². The van der Waals surface area contributed by atoms with E-state index in [1.165, 1.54) is 14.2 Å². The molecule has 7 rings (SSSR count). The second-order valence-electron chi connectivity index (χ2n) is 16.7. The molecule has 64 heavy (non-hydrogen) atoms. The summed E-state index contributed by atoms with van der Waals surface area (Å²) in [5, 5.41) is 8.29. The fourth-order valence-corrected chi connectivity index (χ4v) is 8.42. The minimum atomic E-state index is -0.762. The molecular weight excluding hydrogens is 827 g/mol. The van der Waals surface area contributed by atoms with Crippen molar-refractivity contribution in [3.8, 4) is 39.4 Å². The molecule has 0 radical (unpaired) electrons. The molecule has 0 unspecified atom stereocenters. The molecule has 4 atom stereocenters. The van der Waals surface area contributed by atoms with Crippen molar-refractivity contribution in [1.82, 2.24) is 40.4 Å². The third kappa shape index (κ3) is 10.1. The predicted molar refractivity (Wildman–Crippen MR) is 234 cm³/mol. The number of methoxy groups -OCH3 is 2. The van der Waals surface area contributed by atoms with Crippen LogP contribution in [0.1, 0.15) is 77.1 Å². The van der Waals surface area contributed by atoms with E-state index in [1.54, 1.807) is 22.2 Å². The number of alkyl carbamates (subject to hydrolysis) is 2. The van der Waals surface area contributed by atoms with Gasteiger partial charge in [-0.05, 0) is 55.7 Å². The zero-order valence-electron chi connectivity index (χ0n) is 37.0. The molecule has 5 amide bonds. The first-order chi connectivity index (χ1) is 30.9. The molecule has 0 aliphatic carbocycles. The number of likely N-dealkylation sites (tertiary alicyclic amines) is 2. The number of hydrogen-bond donors (Lipinski definition) is 5. The molecule has 5 N–H and O–H groups in total. The number of carbonyl (C=O) groups excluding carboxylic acids is 5. The van der Waals surface area contributed by atoms with Crippen LogP contribution >= 0.6 is 0 Å². The van der Waals surface area contributed by atoms with Crippen LogP contribution in [0.5, 0.6) is 5.75 Å². The summed E-state index contributed by atoms with van der Waals surface area (Å²) in [6, 6.07) is 9.21. The van der Waals surface area contributed by atoms with Crippen LogP contribution in [0.25, 0.3) is 33.6 Å². The maximum absolute atomic E-state index is 13.7. The number of cyclic esters (lactones) is 1. The molecule has 19 heteroatoms. The van der Waals surface area contributed by atoms with Crippen molar-refractivity contribution in [3.63, 3.8) is 0 Å². The Morgan fingerprint density at radius 2 is 1.20 bits per heavy atom. The highest BCUT2D eigenvalue weighted by atomic mass is 16.6. The lowest BCUT2D eigenvalue weighted by atomic mass is 9.97. The summed E-state index contributed by atoms with van der Waals surface area (Å²) >= 11 is 0. The average Bonchev–Trinajstić information content (AvgIpc) is 4.13. The molecule has 0 spiro atoms. The van der Waals surface area contributed by atoms with Crippen molar-refractivity contribution in [2.75, 3.05) is 59.1 Å². The van der Waals surface area contributed by atoms with Crippen molar-refractivity contribution in [2.45, 2.75) is 77.5 Å². The highest BCUT2D eigenvalue weighted by Crippen LogP contribution is 2.41. The third-order valence-electron chi connectivity index (χ3n) is 11.8. The van der Waals surface area contributed by atoms with Gasteiger partial charge in [-0.1, -0.05) is 45.9 Å². The maximum Gasteiger partial charge on any atom is 0.411 e. The van der Waals surface area contributed by atoms with Crippen molar-refractivity contribution in [1.29, 1.82) is 0 Å². The predicted octanol–water partition coefficient (Wildman–Crippen LogP) is 6.18. The number of amides is 5. The van der Waals surface area contributed by atoms with Crippen LogP contribution < -0.4 is 20.7 Å². The first kappa shape index (κ1) is 45.4. The van der Waals surface area contributed by atoms with Gasteiger partial charge in [-0.2, -0.15) is 0 Å². The number of ether oxygens (including phenoxy) is 5. The standard InChI is InChI=1S/C45H57N9O10/c1-25(2)37(51-43(57)60-5)41(55)53-15-7-9-34(53)39-46-23-32(48-39)27-11-13-29-30-14-12-28(22-36(30)63-19-17-62-18-20-64-45(59)50-31(29)21-27)33-24-47-40(49-33)35-10-8-16-54(35)42(56)38(26(3)4)52-44(58)61-6/h11-14,21-26,34-35,37-38H,7-10,15-20H2,1-6H3,(H,46,48)(H,47,49)(H,50,59)(H,51,57)(H,52,58)/t34-,35-,37-,38-/m0/s1. The topological polar surface area (TPSA) is 231 Å². The van der Waals surface area contributed by atoms with Crippen LogP contribution in [-0.4, -0.2) is 126 Å². The summed E-state index contributed by atoms with van der Waals surface area (Å²) in [7, 11) is 2.53. The van der Waals surface area contributed by atoms with E-state index in [-0.39, 0.29) is 62.2 Å². The quantitative estimate of drug-likeness (QED) is 0.113. The average molecular weight is 884 g/mol. The smallest absolute Gasteiger partial charge is 0.411 e. The van der Waals surface area contributed by atoms with Crippen LogP contribution in [0.3, 0.4) is 0 Å². The Morgan fingerprint density at radius 1 is 0.703 bits per heavy atom. The van der Waals surface area contributed by atoms with Gasteiger partial charge in [0.25, 0.3) is 0 Å². The third-order valence-corrected chi connectivity index (χ3v) is 11.8. The Bertz CT molecular complexity index is 2330. The van der Waals surface area contributed by atoms with Crippen LogP contribution in [0.4, 0.5) is 20.1 Å². The molecule has 2 aromatic carbocycles. The Kier molecular flexibility index (Phi) is 14.4. The van der Waals surface area contributed by atoms with Gasteiger partial charge in [0.05, 0.1) is 69.0 Å². The molecule has 19 nitrogen and oxygen atoms in total. The van der Waals surface area contributed by atoms with E-state index in [1.807, 2.05) is 64.1 Å². The van der Waals surface area contributed by atoms with Gasteiger partial charge in [0.15, 0.2) is 0 Å². The Hall–Kier alpha value is -6.63. The summed E-state index contributed by atoms with van der Waals surface area (Å²) in [4.78, 5) is 84.6. The Balaban J connectivity index is 1.16. The SMILES string of the molecule is COC(=O)N[C@H](C(=O)N1CCC[C@H]1c1ncc(-c2ccc3c(c2)NC(=O)OCCOCCOc2cc(-c4cnc([C@@H]5CCCN5C(=O)[C@@H](NC(=O)OC)C(C)C)[nH]4)ccc2-3)[nH]1)C(C)C. The minimum absolute atomic E-state index is 0.0391.